The number of piperidine rings is 1. The molecule has 0 radical (unpaired) electrons. The number of carbonyl (C=O) groups excluding carboxylic acids is 1. The van der Waals surface area contributed by atoms with Gasteiger partial charge in [0.1, 0.15) is 6.61 Å². The Bertz CT molecular complexity index is 447. The summed E-state index contributed by atoms with van der Waals surface area (Å²) in [6.07, 6.45) is 2.20. The molecule has 20 heavy (non-hydrogen) atoms. The number of ether oxygens (including phenoxy) is 1. The monoisotopic (exact) mass is 340 g/mol. The molecule has 4 nitrogen and oxygen atoms in total. The minimum atomic E-state index is 0.0310. The summed E-state index contributed by atoms with van der Waals surface area (Å²) in [6.45, 7) is 2.74. The van der Waals surface area contributed by atoms with Gasteiger partial charge in [-0.1, -0.05) is 28.1 Å². The fourth-order valence-electron chi connectivity index (χ4n) is 2.26. The van der Waals surface area contributed by atoms with Gasteiger partial charge in [0.2, 0.25) is 5.91 Å². The molecule has 1 amide bonds. The van der Waals surface area contributed by atoms with Crippen LogP contribution in [0.15, 0.2) is 28.7 Å². The maximum Gasteiger partial charge on any atom is 0.248 e. The molecule has 110 valence electrons. The van der Waals surface area contributed by atoms with E-state index in [0.717, 1.165) is 36.0 Å². The minimum absolute atomic E-state index is 0.0310. The van der Waals surface area contributed by atoms with Crippen molar-refractivity contribution >= 4 is 21.8 Å². The van der Waals surface area contributed by atoms with E-state index in [1.807, 2.05) is 31.3 Å². The summed E-state index contributed by atoms with van der Waals surface area (Å²) in [5.74, 6) is 0.0310. The number of hydrogen-bond donors (Lipinski definition) is 1. The van der Waals surface area contributed by atoms with E-state index in [9.17, 15) is 4.79 Å². The van der Waals surface area contributed by atoms with E-state index in [1.54, 1.807) is 4.90 Å². The van der Waals surface area contributed by atoms with Crippen LogP contribution in [0.2, 0.25) is 0 Å². The van der Waals surface area contributed by atoms with E-state index >= 15 is 0 Å². The number of benzene rings is 1. The Balaban J connectivity index is 1.76. The molecular weight excluding hydrogens is 320 g/mol. The molecule has 2 rings (SSSR count). The SMILES string of the molecule is CN(Cc1cccc(Br)c1)C(=O)COC1CCNCC1. The van der Waals surface area contributed by atoms with Crippen molar-refractivity contribution in [2.24, 2.45) is 0 Å². The van der Waals surface area contributed by atoms with Crippen LogP contribution in [0.25, 0.3) is 0 Å². The van der Waals surface area contributed by atoms with Gasteiger partial charge in [-0.05, 0) is 43.6 Å². The van der Waals surface area contributed by atoms with Crippen LogP contribution in [0, 0.1) is 0 Å². The van der Waals surface area contributed by atoms with E-state index in [4.69, 9.17) is 4.74 Å². The summed E-state index contributed by atoms with van der Waals surface area (Å²) in [5.41, 5.74) is 1.11. The van der Waals surface area contributed by atoms with E-state index in [0.29, 0.717) is 6.54 Å². The van der Waals surface area contributed by atoms with Crippen LogP contribution in [0.3, 0.4) is 0 Å². The number of amides is 1. The number of rotatable bonds is 5. The van der Waals surface area contributed by atoms with Gasteiger partial charge >= 0.3 is 0 Å². The van der Waals surface area contributed by atoms with Gasteiger partial charge in [0.05, 0.1) is 6.10 Å². The lowest BCUT2D eigenvalue weighted by Crippen LogP contribution is -2.36. The second-order valence-corrected chi connectivity index (χ2v) is 6.06. The van der Waals surface area contributed by atoms with Crippen molar-refractivity contribution < 1.29 is 9.53 Å². The highest BCUT2D eigenvalue weighted by Crippen LogP contribution is 2.13. The van der Waals surface area contributed by atoms with E-state index < -0.39 is 0 Å². The van der Waals surface area contributed by atoms with Crippen molar-refractivity contribution in [3.63, 3.8) is 0 Å². The van der Waals surface area contributed by atoms with Crippen LogP contribution < -0.4 is 5.32 Å². The van der Waals surface area contributed by atoms with Crippen molar-refractivity contribution in [1.29, 1.82) is 0 Å². The number of hydrogen-bond acceptors (Lipinski definition) is 3. The van der Waals surface area contributed by atoms with Gasteiger partial charge in [-0.2, -0.15) is 0 Å². The second kappa shape index (κ2) is 7.76. The van der Waals surface area contributed by atoms with Gasteiger partial charge < -0.3 is 15.0 Å². The molecule has 5 heteroatoms. The highest BCUT2D eigenvalue weighted by Gasteiger charge is 2.16. The Morgan fingerprint density at radius 3 is 2.90 bits per heavy atom. The normalized spacial score (nSPS) is 16.1. The second-order valence-electron chi connectivity index (χ2n) is 5.14. The van der Waals surface area contributed by atoms with Crippen molar-refractivity contribution in [1.82, 2.24) is 10.2 Å². The Hall–Kier alpha value is -0.910. The molecule has 1 aromatic carbocycles. The smallest absolute Gasteiger partial charge is 0.248 e. The lowest BCUT2D eigenvalue weighted by molar-refractivity contribution is -0.137. The Morgan fingerprint density at radius 1 is 1.45 bits per heavy atom. The zero-order valence-corrected chi connectivity index (χ0v) is 13.4. The largest absolute Gasteiger partial charge is 0.368 e. The van der Waals surface area contributed by atoms with Gasteiger partial charge in [0, 0.05) is 18.1 Å². The molecule has 0 aromatic heterocycles. The van der Waals surface area contributed by atoms with Crippen LogP contribution in [0.1, 0.15) is 18.4 Å². The zero-order chi connectivity index (χ0) is 14.4. The van der Waals surface area contributed by atoms with Crippen molar-refractivity contribution in [3.05, 3.63) is 34.3 Å². The number of halogens is 1. The lowest BCUT2D eigenvalue weighted by Gasteiger charge is -2.24. The summed E-state index contributed by atoms with van der Waals surface area (Å²) in [6, 6.07) is 7.99. The quantitative estimate of drug-likeness (QED) is 0.893. The average molecular weight is 341 g/mol. The van der Waals surface area contributed by atoms with E-state index in [-0.39, 0.29) is 18.6 Å². The van der Waals surface area contributed by atoms with Gasteiger partial charge in [0.15, 0.2) is 0 Å². The van der Waals surface area contributed by atoms with Crippen molar-refractivity contribution in [2.75, 3.05) is 26.7 Å². The molecule has 0 spiro atoms. The lowest BCUT2D eigenvalue weighted by atomic mass is 10.1. The fraction of sp³-hybridized carbons (Fsp3) is 0.533. The Labute approximate surface area is 128 Å². The van der Waals surface area contributed by atoms with E-state index in [2.05, 4.69) is 21.2 Å². The molecule has 1 N–H and O–H groups in total. The molecule has 0 unspecified atom stereocenters. The van der Waals surface area contributed by atoms with Crippen LogP contribution in [0.5, 0.6) is 0 Å². The first kappa shape index (κ1) is 15.5. The first-order valence-electron chi connectivity index (χ1n) is 6.96. The first-order chi connectivity index (χ1) is 9.65. The molecule has 1 aromatic rings. The molecule has 1 fully saturated rings. The van der Waals surface area contributed by atoms with Crippen LogP contribution in [-0.2, 0) is 16.1 Å². The predicted molar refractivity (Wildman–Crippen MR) is 82.5 cm³/mol. The van der Waals surface area contributed by atoms with Gasteiger partial charge in [-0.3, -0.25) is 4.79 Å². The molecule has 1 aliphatic heterocycles. The Morgan fingerprint density at radius 2 is 2.20 bits per heavy atom. The highest BCUT2D eigenvalue weighted by atomic mass is 79.9. The third-order valence-corrected chi connectivity index (χ3v) is 3.96. The molecule has 0 aliphatic carbocycles. The summed E-state index contributed by atoms with van der Waals surface area (Å²) in [5, 5.41) is 3.28. The number of carbonyl (C=O) groups is 1. The summed E-state index contributed by atoms with van der Waals surface area (Å²) in [4.78, 5) is 13.8. The standard InChI is InChI=1S/C15H21BrN2O2/c1-18(10-12-3-2-4-13(16)9-12)15(19)11-20-14-5-7-17-8-6-14/h2-4,9,14,17H,5-8,10-11H2,1H3. The molecule has 1 aliphatic rings. The zero-order valence-electron chi connectivity index (χ0n) is 11.8. The molecular formula is C15H21BrN2O2. The highest BCUT2D eigenvalue weighted by molar-refractivity contribution is 9.10. The van der Waals surface area contributed by atoms with Gasteiger partial charge in [-0.25, -0.2) is 0 Å². The first-order valence-corrected chi connectivity index (χ1v) is 7.75. The van der Waals surface area contributed by atoms with Gasteiger partial charge in [0.25, 0.3) is 0 Å². The number of likely N-dealkylation sites (N-methyl/N-ethyl adjacent to an activating group) is 1. The number of nitrogens with one attached hydrogen (secondary N) is 1. The van der Waals surface area contributed by atoms with Crippen LogP contribution in [-0.4, -0.2) is 43.7 Å². The molecule has 0 bridgehead atoms. The van der Waals surface area contributed by atoms with Crippen LogP contribution in [0.4, 0.5) is 0 Å². The molecule has 1 saturated heterocycles. The molecule has 0 saturated carbocycles. The summed E-state index contributed by atoms with van der Waals surface area (Å²) >= 11 is 3.44. The van der Waals surface area contributed by atoms with Crippen molar-refractivity contribution in [3.8, 4) is 0 Å². The summed E-state index contributed by atoms with van der Waals surface area (Å²) < 4.78 is 6.72. The van der Waals surface area contributed by atoms with Crippen molar-refractivity contribution in [2.45, 2.75) is 25.5 Å². The third-order valence-electron chi connectivity index (χ3n) is 3.46. The number of nitrogens with zero attached hydrogens (tertiary/aromatic N) is 1. The Kier molecular flexibility index (Phi) is 6.01. The van der Waals surface area contributed by atoms with E-state index in [1.165, 1.54) is 0 Å². The predicted octanol–water partition coefficient (Wildman–Crippen LogP) is 2.18. The third kappa shape index (κ3) is 4.89. The fourth-order valence-corrected chi connectivity index (χ4v) is 2.71. The topological polar surface area (TPSA) is 41.6 Å². The average Bonchev–Trinajstić information content (AvgIpc) is 2.46. The van der Waals surface area contributed by atoms with Gasteiger partial charge in [-0.15, -0.1) is 0 Å². The maximum atomic E-state index is 12.0. The summed E-state index contributed by atoms with van der Waals surface area (Å²) in [7, 11) is 1.81. The maximum absolute atomic E-state index is 12.0. The molecule has 0 atom stereocenters. The molecule has 1 heterocycles. The minimum Gasteiger partial charge on any atom is -0.368 e. The van der Waals surface area contributed by atoms with Crippen LogP contribution >= 0.6 is 15.9 Å².